The zero-order chi connectivity index (χ0) is 16.9. The lowest BCUT2D eigenvalue weighted by Crippen LogP contribution is -2.58. The molecule has 8 unspecified atom stereocenters. The number of hydrogen-bond donors (Lipinski definition) is 1. The maximum absolute atomic E-state index is 12.5. The Kier molecular flexibility index (Phi) is 2.59. The normalized spacial score (nSPS) is 48.7. The summed E-state index contributed by atoms with van der Waals surface area (Å²) in [5.74, 6) is 5.17. The molecule has 130 valence electrons. The molecule has 6 aliphatic rings. The van der Waals surface area contributed by atoms with Gasteiger partial charge in [-0.1, -0.05) is 30.3 Å². The second kappa shape index (κ2) is 4.57. The van der Waals surface area contributed by atoms with Gasteiger partial charge in [-0.3, -0.25) is 4.79 Å². The van der Waals surface area contributed by atoms with Gasteiger partial charge in [-0.15, -0.1) is 0 Å². The van der Waals surface area contributed by atoms with Gasteiger partial charge in [0.1, 0.15) is 6.61 Å². The van der Waals surface area contributed by atoms with Crippen LogP contribution in [0.5, 0.6) is 0 Å². The Morgan fingerprint density at radius 2 is 1.52 bits per heavy atom. The summed E-state index contributed by atoms with van der Waals surface area (Å²) >= 11 is 0. The van der Waals surface area contributed by atoms with E-state index in [-0.39, 0.29) is 24.5 Å². The zero-order valence-electron chi connectivity index (χ0n) is 14.0. The van der Waals surface area contributed by atoms with E-state index < -0.39 is 6.09 Å². The van der Waals surface area contributed by atoms with Gasteiger partial charge in [-0.2, -0.15) is 0 Å². The summed E-state index contributed by atoms with van der Waals surface area (Å²) in [5, 5.41) is 3.05. The number of carbonyl (C=O) groups excluding carboxylic acids is 2. The molecule has 25 heavy (non-hydrogen) atoms. The van der Waals surface area contributed by atoms with Gasteiger partial charge in [0, 0.05) is 6.04 Å². The minimum atomic E-state index is -0.417. The molecule has 1 amide bonds. The van der Waals surface area contributed by atoms with Crippen molar-refractivity contribution in [1.82, 2.24) is 5.32 Å². The van der Waals surface area contributed by atoms with Crippen molar-refractivity contribution in [1.29, 1.82) is 0 Å². The average Bonchev–Trinajstić information content (AvgIpc) is 3.49. The first-order chi connectivity index (χ1) is 12.2. The highest BCUT2D eigenvalue weighted by Crippen LogP contribution is 2.92. The van der Waals surface area contributed by atoms with E-state index in [1.807, 2.05) is 30.3 Å². The predicted octanol–water partition coefficient (Wildman–Crippen LogP) is 2.07. The number of methoxy groups -OCH3 is 1. The monoisotopic (exact) mass is 339 g/mol. The van der Waals surface area contributed by atoms with Gasteiger partial charge in [0.25, 0.3) is 0 Å². The largest absolute Gasteiger partial charge is 0.469 e. The molecule has 2 bridgehead atoms. The van der Waals surface area contributed by atoms with Crippen LogP contribution in [0.3, 0.4) is 0 Å². The van der Waals surface area contributed by atoms with Crippen LogP contribution in [-0.4, -0.2) is 25.2 Å². The van der Waals surface area contributed by atoms with Crippen LogP contribution in [0.1, 0.15) is 5.56 Å². The second-order valence-electron chi connectivity index (χ2n) is 8.40. The van der Waals surface area contributed by atoms with Gasteiger partial charge in [-0.05, 0) is 52.9 Å². The van der Waals surface area contributed by atoms with Crippen molar-refractivity contribution < 1.29 is 19.1 Å². The Labute approximate surface area is 146 Å². The molecule has 1 N–H and O–H groups in total. The molecule has 6 aliphatic carbocycles. The number of esters is 1. The maximum atomic E-state index is 12.5. The summed E-state index contributed by atoms with van der Waals surface area (Å²) in [5.41, 5.74) is 0.960. The minimum Gasteiger partial charge on any atom is -0.469 e. The highest BCUT2D eigenvalue weighted by Gasteiger charge is 2.91. The molecule has 0 heterocycles. The lowest BCUT2D eigenvalue weighted by Gasteiger charge is -2.46. The molecule has 6 saturated carbocycles. The van der Waals surface area contributed by atoms with E-state index >= 15 is 0 Å². The van der Waals surface area contributed by atoms with E-state index in [2.05, 4.69) is 5.32 Å². The predicted molar refractivity (Wildman–Crippen MR) is 87.0 cm³/mol. The van der Waals surface area contributed by atoms with Crippen LogP contribution in [-0.2, 0) is 20.9 Å². The first kappa shape index (κ1) is 14.2. The number of carbonyl (C=O) groups is 2. The lowest BCUT2D eigenvalue weighted by atomic mass is 9.61. The molecule has 0 radical (unpaired) electrons. The number of nitrogens with one attached hydrogen (secondary N) is 1. The Bertz CT molecular complexity index is 742. The Hall–Kier alpha value is -2.04. The average molecular weight is 339 g/mol. The van der Waals surface area contributed by atoms with Crippen molar-refractivity contribution in [2.75, 3.05) is 7.11 Å². The second-order valence-corrected chi connectivity index (χ2v) is 8.40. The zero-order valence-corrected chi connectivity index (χ0v) is 14.0. The third-order valence-electron chi connectivity index (χ3n) is 7.79. The Morgan fingerprint density at radius 1 is 0.920 bits per heavy atom. The number of fused-ring (bicyclic) bond motifs is 1. The standard InChI is InChI=1S/C20H21NO4/c1-24-19(22)17-15-11-9-10-12(15)14(10)16(13(9)11)18(17)21-20(23)25-7-8-5-3-2-4-6-8/h2-6,9-18H,7H2,1H3,(H,21,23). The Morgan fingerprint density at radius 3 is 2.16 bits per heavy atom. The SMILES string of the molecule is COC(=O)C1C(NC(=O)OCc2ccccc2)C2C3C4C1C1C2C1C34. The third kappa shape index (κ3) is 1.64. The molecule has 1 aromatic rings. The van der Waals surface area contributed by atoms with E-state index in [4.69, 9.17) is 9.47 Å². The maximum Gasteiger partial charge on any atom is 0.407 e. The molecule has 8 atom stereocenters. The quantitative estimate of drug-likeness (QED) is 0.853. The van der Waals surface area contributed by atoms with Crippen LogP contribution in [0.25, 0.3) is 0 Å². The van der Waals surface area contributed by atoms with E-state index in [1.165, 1.54) is 7.11 Å². The van der Waals surface area contributed by atoms with Crippen LogP contribution in [0.2, 0.25) is 0 Å². The molecule has 6 fully saturated rings. The molecule has 7 rings (SSSR count). The summed E-state index contributed by atoms with van der Waals surface area (Å²) in [4.78, 5) is 24.8. The van der Waals surface area contributed by atoms with Gasteiger partial charge in [0.15, 0.2) is 0 Å². The molecule has 0 saturated heterocycles. The van der Waals surface area contributed by atoms with Crippen molar-refractivity contribution in [3.63, 3.8) is 0 Å². The number of amides is 1. The van der Waals surface area contributed by atoms with Gasteiger partial charge in [0.05, 0.1) is 13.0 Å². The smallest absolute Gasteiger partial charge is 0.407 e. The first-order valence-corrected chi connectivity index (χ1v) is 9.27. The van der Waals surface area contributed by atoms with Gasteiger partial charge in [0.2, 0.25) is 0 Å². The molecule has 5 heteroatoms. The highest BCUT2D eigenvalue weighted by atomic mass is 16.5. The fourth-order valence-corrected chi connectivity index (χ4v) is 7.33. The van der Waals surface area contributed by atoms with E-state index in [0.29, 0.717) is 11.8 Å². The summed E-state index contributed by atoms with van der Waals surface area (Å²) < 4.78 is 10.5. The fraction of sp³-hybridized carbons (Fsp3) is 0.600. The van der Waals surface area contributed by atoms with Gasteiger partial charge in [-0.25, -0.2) is 4.79 Å². The number of hydrogen-bond acceptors (Lipinski definition) is 4. The van der Waals surface area contributed by atoms with Crippen molar-refractivity contribution in [2.24, 2.45) is 53.3 Å². The molecular formula is C20H21NO4. The molecule has 1 aromatic carbocycles. The van der Waals surface area contributed by atoms with Crippen molar-refractivity contribution >= 4 is 12.1 Å². The van der Waals surface area contributed by atoms with Crippen LogP contribution in [0.4, 0.5) is 4.79 Å². The highest BCUT2D eigenvalue weighted by molar-refractivity contribution is 5.77. The number of benzene rings is 1. The van der Waals surface area contributed by atoms with Crippen molar-refractivity contribution in [2.45, 2.75) is 12.6 Å². The van der Waals surface area contributed by atoms with Crippen LogP contribution in [0, 0.1) is 53.3 Å². The summed E-state index contributed by atoms with van der Waals surface area (Å²) in [7, 11) is 1.46. The van der Waals surface area contributed by atoms with Crippen LogP contribution < -0.4 is 5.32 Å². The van der Waals surface area contributed by atoms with Crippen LogP contribution in [0.15, 0.2) is 30.3 Å². The van der Waals surface area contributed by atoms with E-state index in [9.17, 15) is 9.59 Å². The molecule has 0 aliphatic heterocycles. The number of rotatable bonds is 4. The van der Waals surface area contributed by atoms with E-state index in [0.717, 1.165) is 41.1 Å². The van der Waals surface area contributed by atoms with Crippen molar-refractivity contribution in [3.8, 4) is 0 Å². The third-order valence-corrected chi connectivity index (χ3v) is 7.79. The number of ether oxygens (including phenoxy) is 2. The van der Waals surface area contributed by atoms with E-state index in [1.54, 1.807) is 0 Å². The molecule has 0 aromatic heterocycles. The first-order valence-electron chi connectivity index (χ1n) is 9.27. The lowest BCUT2D eigenvalue weighted by molar-refractivity contribution is -0.154. The topological polar surface area (TPSA) is 64.6 Å². The van der Waals surface area contributed by atoms with Crippen LogP contribution >= 0.6 is 0 Å². The van der Waals surface area contributed by atoms with Gasteiger partial charge < -0.3 is 14.8 Å². The Balaban J connectivity index is 1.19. The molecular weight excluding hydrogens is 318 g/mol. The molecule has 0 spiro atoms. The number of alkyl carbamates (subject to hydrolysis) is 1. The van der Waals surface area contributed by atoms with Gasteiger partial charge >= 0.3 is 12.1 Å². The summed E-state index contributed by atoms with van der Waals surface area (Å²) in [6.07, 6.45) is -0.417. The molecule has 5 nitrogen and oxygen atoms in total. The minimum absolute atomic E-state index is 0.110. The van der Waals surface area contributed by atoms with Crippen molar-refractivity contribution in [3.05, 3.63) is 35.9 Å². The fourth-order valence-electron chi connectivity index (χ4n) is 7.33. The summed E-state index contributed by atoms with van der Waals surface area (Å²) in [6, 6.07) is 9.53. The summed E-state index contributed by atoms with van der Waals surface area (Å²) in [6.45, 7) is 0.250.